The Morgan fingerprint density at radius 3 is 2.70 bits per heavy atom. The largest absolute Gasteiger partial charge is 0.480 e. The molecule has 2 heterocycles. The van der Waals surface area contributed by atoms with Crippen LogP contribution in [-0.2, 0) is 14.8 Å². The number of carboxylic acid groups (broad SMARTS) is 1. The van der Waals surface area contributed by atoms with Gasteiger partial charge in [0, 0.05) is 11.4 Å². The van der Waals surface area contributed by atoms with E-state index >= 15 is 0 Å². The summed E-state index contributed by atoms with van der Waals surface area (Å²) in [7, 11) is -3.76. The zero-order chi connectivity index (χ0) is 15.1. The summed E-state index contributed by atoms with van der Waals surface area (Å²) in [5.74, 6) is -0.857. The van der Waals surface area contributed by atoms with Crippen molar-refractivity contribution in [2.45, 2.75) is 37.6 Å². The maximum absolute atomic E-state index is 12.7. The van der Waals surface area contributed by atoms with E-state index in [0.717, 1.165) is 8.09 Å². The molecular weight excluding hydrogens is 366 g/mol. The lowest BCUT2D eigenvalue weighted by molar-refractivity contribution is -0.143. The highest BCUT2D eigenvalue weighted by atomic mass is 79.9. The van der Waals surface area contributed by atoms with Gasteiger partial charge in [0.1, 0.15) is 6.04 Å². The molecule has 20 heavy (non-hydrogen) atoms. The molecule has 1 aromatic rings. The van der Waals surface area contributed by atoms with Crippen molar-refractivity contribution in [2.24, 2.45) is 5.92 Å². The molecule has 0 aliphatic carbocycles. The molecule has 1 fully saturated rings. The molecular formula is C12H16BrNO4S2. The molecule has 0 radical (unpaired) electrons. The van der Waals surface area contributed by atoms with Gasteiger partial charge in [-0.1, -0.05) is 6.92 Å². The van der Waals surface area contributed by atoms with Crippen LogP contribution in [0.4, 0.5) is 0 Å². The summed E-state index contributed by atoms with van der Waals surface area (Å²) in [5, 5.41) is 9.30. The van der Waals surface area contributed by atoms with Crippen LogP contribution in [0, 0.1) is 12.8 Å². The Bertz CT molecular complexity index is 625. The fourth-order valence-electron chi connectivity index (χ4n) is 2.44. The summed E-state index contributed by atoms with van der Waals surface area (Å²) in [5.41, 5.74) is 0. The minimum absolute atomic E-state index is 0.204. The molecule has 0 amide bonds. The topological polar surface area (TPSA) is 74.7 Å². The molecule has 0 aromatic carbocycles. The van der Waals surface area contributed by atoms with Crippen molar-refractivity contribution in [3.63, 3.8) is 0 Å². The van der Waals surface area contributed by atoms with Gasteiger partial charge in [0.25, 0.3) is 0 Å². The summed E-state index contributed by atoms with van der Waals surface area (Å²) in [6.45, 7) is 3.93. The molecule has 0 spiro atoms. The third-order valence-corrected chi connectivity index (χ3v) is 7.25. The van der Waals surface area contributed by atoms with E-state index in [4.69, 9.17) is 0 Å². The maximum Gasteiger partial charge on any atom is 0.322 e. The van der Waals surface area contributed by atoms with Gasteiger partial charge in [0.15, 0.2) is 0 Å². The Labute approximate surface area is 130 Å². The van der Waals surface area contributed by atoms with Crippen molar-refractivity contribution >= 4 is 43.3 Å². The predicted molar refractivity (Wildman–Crippen MR) is 80.5 cm³/mol. The number of halogens is 1. The quantitative estimate of drug-likeness (QED) is 0.872. The van der Waals surface area contributed by atoms with Crippen LogP contribution in [0.5, 0.6) is 0 Å². The number of piperidine rings is 1. The first-order valence-electron chi connectivity index (χ1n) is 6.24. The Morgan fingerprint density at radius 2 is 2.20 bits per heavy atom. The van der Waals surface area contributed by atoms with Gasteiger partial charge in [-0.15, -0.1) is 11.3 Å². The smallest absolute Gasteiger partial charge is 0.322 e. The van der Waals surface area contributed by atoms with Gasteiger partial charge in [-0.25, -0.2) is 8.42 Å². The van der Waals surface area contributed by atoms with E-state index in [-0.39, 0.29) is 17.4 Å². The minimum atomic E-state index is -3.76. The van der Waals surface area contributed by atoms with Crippen molar-refractivity contribution < 1.29 is 18.3 Å². The highest BCUT2D eigenvalue weighted by Gasteiger charge is 2.40. The lowest BCUT2D eigenvalue weighted by Crippen LogP contribution is -2.49. The van der Waals surface area contributed by atoms with Crippen LogP contribution >= 0.6 is 27.3 Å². The average Bonchev–Trinajstić information content (AvgIpc) is 2.68. The number of sulfonamides is 1. The number of aryl methyl sites for hydroxylation is 1. The van der Waals surface area contributed by atoms with Crippen molar-refractivity contribution in [3.05, 3.63) is 14.7 Å². The molecule has 2 rings (SSSR count). The molecule has 112 valence electrons. The van der Waals surface area contributed by atoms with Gasteiger partial charge < -0.3 is 5.11 Å². The SMILES string of the molecule is Cc1sc(Br)cc1S(=O)(=O)N1CCC(C)CC1C(=O)O. The van der Waals surface area contributed by atoms with Crippen LogP contribution in [0.15, 0.2) is 14.7 Å². The van der Waals surface area contributed by atoms with Crippen molar-refractivity contribution in [2.75, 3.05) is 6.54 Å². The average molecular weight is 382 g/mol. The summed E-state index contributed by atoms with van der Waals surface area (Å²) in [6.07, 6.45) is 1.05. The first kappa shape index (κ1) is 15.9. The second kappa shape index (κ2) is 5.75. The third kappa shape index (κ3) is 2.93. The zero-order valence-electron chi connectivity index (χ0n) is 11.2. The van der Waals surface area contributed by atoms with Crippen LogP contribution in [0.2, 0.25) is 0 Å². The Hall–Kier alpha value is -0.440. The highest BCUT2D eigenvalue weighted by molar-refractivity contribution is 9.11. The minimum Gasteiger partial charge on any atom is -0.480 e. The summed E-state index contributed by atoms with van der Waals surface area (Å²) in [6, 6.07) is 0.577. The van der Waals surface area contributed by atoms with Gasteiger partial charge in [-0.05, 0) is 47.7 Å². The molecule has 1 aliphatic heterocycles. The number of carboxylic acids is 1. The third-order valence-electron chi connectivity index (χ3n) is 3.53. The van der Waals surface area contributed by atoms with Crippen molar-refractivity contribution in [1.29, 1.82) is 0 Å². The number of carbonyl (C=O) groups is 1. The number of hydrogen-bond acceptors (Lipinski definition) is 4. The van der Waals surface area contributed by atoms with Gasteiger partial charge >= 0.3 is 5.97 Å². The second-order valence-electron chi connectivity index (χ2n) is 5.07. The molecule has 1 aliphatic rings. The van der Waals surface area contributed by atoms with E-state index in [1.54, 1.807) is 13.0 Å². The van der Waals surface area contributed by atoms with E-state index in [9.17, 15) is 18.3 Å². The standard InChI is InChI=1S/C12H16BrNO4S2/c1-7-3-4-14(9(5-7)12(15)16)20(17,18)10-6-11(13)19-8(10)2/h6-7,9H,3-5H2,1-2H3,(H,15,16). The van der Waals surface area contributed by atoms with Crippen LogP contribution in [0.1, 0.15) is 24.6 Å². The van der Waals surface area contributed by atoms with Gasteiger partial charge in [-0.2, -0.15) is 4.31 Å². The van der Waals surface area contributed by atoms with Gasteiger partial charge in [0.05, 0.1) is 8.68 Å². The fourth-order valence-corrected chi connectivity index (χ4v) is 6.44. The first-order chi connectivity index (χ1) is 9.23. The number of aliphatic carboxylic acids is 1. The first-order valence-corrected chi connectivity index (χ1v) is 9.29. The molecule has 0 bridgehead atoms. The molecule has 5 nitrogen and oxygen atoms in total. The summed E-state index contributed by atoms with van der Waals surface area (Å²) < 4.78 is 27.2. The predicted octanol–water partition coefficient (Wildman–Crippen LogP) is 2.69. The molecule has 2 atom stereocenters. The van der Waals surface area contributed by atoms with Crippen LogP contribution in [0.3, 0.4) is 0 Å². The number of hydrogen-bond donors (Lipinski definition) is 1. The van der Waals surface area contributed by atoms with E-state index in [1.807, 2.05) is 6.92 Å². The van der Waals surface area contributed by atoms with Gasteiger partial charge in [-0.3, -0.25) is 4.79 Å². The van der Waals surface area contributed by atoms with Crippen LogP contribution in [-0.4, -0.2) is 36.4 Å². The molecule has 8 heteroatoms. The monoisotopic (exact) mass is 381 g/mol. The van der Waals surface area contributed by atoms with E-state index in [2.05, 4.69) is 15.9 Å². The van der Waals surface area contributed by atoms with Crippen LogP contribution in [0.25, 0.3) is 0 Å². The molecule has 1 saturated heterocycles. The van der Waals surface area contributed by atoms with Gasteiger partial charge in [0.2, 0.25) is 10.0 Å². The molecule has 1 aromatic heterocycles. The highest BCUT2D eigenvalue weighted by Crippen LogP contribution is 2.34. The van der Waals surface area contributed by atoms with E-state index in [1.165, 1.54) is 11.3 Å². The normalized spacial score (nSPS) is 24.8. The second-order valence-corrected chi connectivity index (χ2v) is 9.56. The summed E-state index contributed by atoms with van der Waals surface area (Å²) >= 11 is 4.61. The summed E-state index contributed by atoms with van der Waals surface area (Å²) in [4.78, 5) is 12.2. The van der Waals surface area contributed by atoms with Crippen molar-refractivity contribution in [3.8, 4) is 0 Å². The molecule has 2 unspecified atom stereocenters. The number of nitrogens with zero attached hydrogens (tertiary/aromatic N) is 1. The maximum atomic E-state index is 12.7. The Morgan fingerprint density at radius 1 is 1.55 bits per heavy atom. The molecule has 0 saturated carbocycles. The number of thiophene rings is 1. The number of rotatable bonds is 3. The Balaban J connectivity index is 2.42. The molecule has 1 N–H and O–H groups in total. The lowest BCUT2D eigenvalue weighted by Gasteiger charge is -2.34. The lowest BCUT2D eigenvalue weighted by atomic mass is 9.94. The zero-order valence-corrected chi connectivity index (χ0v) is 14.4. The van der Waals surface area contributed by atoms with E-state index < -0.39 is 22.0 Å². The van der Waals surface area contributed by atoms with Crippen LogP contribution < -0.4 is 0 Å². The van der Waals surface area contributed by atoms with Crippen molar-refractivity contribution in [1.82, 2.24) is 4.31 Å². The Kier molecular flexibility index (Phi) is 4.58. The fraction of sp³-hybridized carbons (Fsp3) is 0.583. The van der Waals surface area contributed by atoms with E-state index in [0.29, 0.717) is 17.7 Å².